The van der Waals surface area contributed by atoms with Gasteiger partial charge in [-0.25, -0.2) is 5.43 Å². The van der Waals surface area contributed by atoms with Gasteiger partial charge >= 0.3 is 0 Å². The molecule has 0 saturated carbocycles. The van der Waals surface area contributed by atoms with Gasteiger partial charge in [0, 0.05) is 5.56 Å². The number of hydrazone groups is 2. The highest BCUT2D eigenvalue weighted by atomic mass is 16.2. The molecule has 0 radical (unpaired) electrons. The summed E-state index contributed by atoms with van der Waals surface area (Å²) in [4.78, 5) is 12.3. The van der Waals surface area contributed by atoms with Gasteiger partial charge in [-0.05, 0) is 53.6 Å². The molecule has 0 aliphatic carbocycles. The molecule has 1 amide bonds. The number of anilines is 1. The van der Waals surface area contributed by atoms with Crippen molar-refractivity contribution in [3.63, 3.8) is 0 Å². The second kappa shape index (κ2) is 9.98. The lowest BCUT2D eigenvalue weighted by molar-refractivity contribution is 0.0955. The molecule has 0 fully saturated rings. The van der Waals surface area contributed by atoms with E-state index in [-0.39, 0.29) is 5.91 Å². The summed E-state index contributed by atoms with van der Waals surface area (Å²) >= 11 is 0. The van der Waals surface area contributed by atoms with E-state index in [2.05, 4.69) is 27.1 Å². The van der Waals surface area contributed by atoms with Crippen LogP contribution in [0.1, 0.15) is 32.6 Å². The van der Waals surface area contributed by atoms with Crippen molar-refractivity contribution in [2.24, 2.45) is 10.2 Å². The number of amides is 1. The molecule has 3 aromatic carbocycles. The van der Waals surface area contributed by atoms with Gasteiger partial charge in [0.25, 0.3) is 5.91 Å². The first-order valence-corrected chi connectivity index (χ1v) is 8.91. The predicted octanol–water partition coefficient (Wildman–Crippen LogP) is 3.64. The Hall–Kier alpha value is -4.75. The van der Waals surface area contributed by atoms with E-state index < -0.39 is 0 Å². The number of nitrogens with one attached hydrogen (secondary N) is 2. The van der Waals surface area contributed by atoms with Crippen molar-refractivity contribution in [2.75, 3.05) is 5.43 Å². The van der Waals surface area contributed by atoms with Crippen LogP contribution in [0.4, 0.5) is 5.69 Å². The van der Waals surface area contributed by atoms with Crippen molar-refractivity contribution in [3.8, 4) is 12.1 Å². The number of rotatable bonds is 6. The van der Waals surface area contributed by atoms with Gasteiger partial charge in [-0.3, -0.25) is 10.2 Å². The minimum Gasteiger partial charge on any atom is -0.278 e. The van der Waals surface area contributed by atoms with Crippen LogP contribution in [0.15, 0.2) is 83.0 Å². The van der Waals surface area contributed by atoms with Crippen molar-refractivity contribution < 1.29 is 4.79 Å². The number of carbonyl (C=O) groups excluding carboxylic acids is 1. The van der Waals surface area contributed by atoms with E-state index in [0.717, 1.165) is 11.1 Å². The molecule has 0 spiro atoms. The number of benzene rings is 3. The lowest BCUT2D eigenvalue weighted by Gasteiger charge is -2.04. The molecule has 0 aromatic heterocycles. The fourth-order valence-electron chi connectivity index (χ4n) is 2.43. The molecular formula is C23H16N6O. The Morgan fingerprint density at radius 3 is 1.93 bits per heavy atom. The zero-order valence-electron chi connectivity index (χ0n) is 15.8. The van der Waals surface area contributed by atoms with Crippen LogP contribution in [0.25, 0.3) is 0 Å². The smallest absolute Gasteiger partial charge is 0.271 e. The minimum atomic E-state index is -0.361. The summed E-state index contributed by atoms with van der Waals surface area (Å²) in [6.45, 7) is 0. The summed E-state index contributed by atoms with van der Waals surface area (Å²) in [6.07, 6.45) is 3.12. The largest absolute Gasteiger partial charge is 0.278 e. The summed E-state index contributed by atoms with van der Waals surface area (Å²) in [6, 6.07) is 24.8. The molecule has 3 rings (SSSR count). The maximum absolute atomic E-state index is 12.3. The maximum Gasteiger partial charge on any atom is 0.271 e. The summed E-state index contributed by atoms with van der Waals surface area (Å²) in [5.74, 6) is -0.361. The summed E-state index contributed by atoms with van der Waals surface area (Å²) in [5, 5.41) is 25.7. The normalized spacial score (nSPS) is 10.5. The lowest BCUT2D eigenvalue weighted by atomic mass is 10.2. The number of hydrogen-bond acceptors (Lipinski definition) is 6. The highest BCUT2D eigenvalue weighted by molar-refractivity contribution is 5.95. The molecule has 2 N–H and O–H groups in total. The minimum absolute atomic E-state index is 0.361. The summed E-state index contributed by atoms with van der Waals surface area (Å²) < 4.78 is 0. The average molecular weight is 392 g/mol. The fourth-order valence-corrected chi connectivity index (χ4v) is 2.43. The van der Waals surface area contributed by atoms with Crippen molar-refractivity contribution >= 4 is 24.0 Å². The van der Waals surface area contributed by atoms with Gasteiger partial charge in [-0.1, -0.05) is 30.3 Å². The lowest BCUT2D eigenvalue weighted by Crippen LogP contribution is -2.17. The first-order chi connectivity index (χ1) is 14.7. The van der Waals surface area contributed by atoms with Crippen LogP contribution in [0.3, 0.4) is 0 Å². The molecule has 7 heteroatoms. The van der Waals surface area contributed by atoms with E-state index in [1.54, 1.807) is 79.0 Å². The average Bonchev–Trinajstić information content (AvgIpc) is 2.80. The van der Waals surface area contributed by atoms with Gasteiger partial charge in [-0.15, -0.1) is 0 Å². The Morgan fingerprint density at radius 2 is 1.37 bits per heavy atom. The summed E-state index contributed by atoms with van der Waals surface area (Å²) in [7, 11) is 0. The van der Waals surface area contributed by atoms with Crippen LogP contribution < -0.4 is 10.9 Å². The molecule has 0 unspecified atom stereocenters. The Bertz CT molecular complexity index is 1170. The molecule has 0 saturated heterocycles. The van der Waals surface area contributed by atoms with Crippen LogP contribution in [0, 0.1) is 22.7 Å². The van der Waals surface area contributed by atoms with E-state index in [1.807, 2.05) is 6.07 Å². The third-order valence-electron chi connectivity index (χ3n) is 3.99. The van der Waals surface area contributed by atoms with Crippen LogP contribution >= 0.6 is 0 Å². The zero-order valence-corrected chi connectivity index (χ0v) is 15.8. The van der Waals surface area contributed by atoms with E-state index in [1.165, 1.54) is 6.21 Å². The standard InChI is InChI=1S/C23H16N6O/c24-13-17-4-8-19(9-5-17)15-26-28-22-3-1-2-21(12-22)23(30)29-27-16-20-10-6-18(14-25)7-11-20/h1-12,15-16,28H,(H,29,30)/b26-15-,27-16-. The number of nitrogens with zero attached hydrogens (tertiary/aromatic N) is 4. The van der Waals surface area contributed by atoms with Crippen molar-refractivity contribution in [3.05, 3.63) is 101 Å². The molecule has 0 heterocycles. The van der Waals surface area contributed by atoms with Gasteiger partial charge in [-0.2, -0.15) is 20.7 Å². The third kappa shape index (κ3) is 5.62. The van der Waals surface area contributed by atoms with E-state index in [4.69, 9.17) is 10.5 Å². The van der Waals surface area contributed by atoms with Crippen LogP contribution in [0.5, 0.6) is 0 Å². The predicted molar refractivity (Wildman–Crippen MR) is 115 cm³/mol. The van der Waals surface area contributed by atoms with Gasteiger partial charge in [0.05, 0.1) is 41.4 Å². The molecule has 30 heavy (non-hydrogen) atoms. The van der Waals surface area contributed by atoms with Crippen molar-refractivity contribution in [2.45, 2.75) is 0 Å². The molecule has 3 aromatic rings. The van der Waals surface area contributed by atoms with Crippen molar-refractivity contribution in [1.29, 1.82) is 10.5 Å². The van der Waals surface area contributed by atoms with Crippen LogP contribution in [0.2, 0.25) is 0 Å². The highest BCUT2D eigenvalue weighted by Gasteiger charge is 2.04. The molecular weight excluding hydrogens is 376 g/mol. The molecule has 0 aliphatic heterocycles. The number of hydrogen-bond donors (Lipinski definition) is 2. The van der Waals surface area contributed by atoms with E-state index in [9.17, 15) is 4.79 Å². The third-order valence-corrected chi connectivity index (χ3v) is 3.99. The topological polar surface area (TPSA) is 113 Å². The Kier molecular flexibility index (Phi) is 6.65. The van der Waals surface area contributed by atoms with Crippen LogP contribution in [-0.4, -0.2) is 18.3 Å². The van der Waals surface area contributed by atoms with Gasteiger partial charge in [0.2, 0.25) is 0 Å². The number of nitriles is 2. The van der Waals surface area contributed by atoms with Crippen LogP contribution in [-0.2, 0) is 0 Å². The Morgan fingerprint density at radius 1 is 0.800 bits per heavy atom. The molecule has 0 bridgehead atoms. The maximum atomic E-state index is 12.3. The van der Waals surface area contributed by atoms with Gasteiger partial charge < -0.3 is 0 Å². The molecule has 0 atom stereocenters. The quantitative estimate of drug-likeness (QED) is 0.492. The Labute approximate surface area is 173 Å². The van der Waals surface area contributed by atoms with Gasteiger partial charge in [0.15, 0.2) is 0 Å². The SMILES string of the molecule is N#Cc1ccc(/C=N\NC(=O)c2cccc(N/N=C\c3ccc(C#N)cc3)c2)cc1. The van der Waals surface area contributed by atoms with E-state index in [0.29, 0.717) is 22.4 Å². The summed E-state index contributed by atoms with van der Waals surface area (Å²) in [5.41, 5.74) is 9.15. The molecule has 144 valence electrons. The molecule has 7 nitrogen and oxygen atoms in total. The van der Waals surface area contributed by atoms with Gasteiger partial charge in [0.1, 0.15) is 0 Å². The fraction of sp³-hybridized carbons (Fsp3) is 0. The monoisotopic (exact) mass is 392 g/mol. The second-order valence-corrected chi connectivity index (χ2v) is 6.12. The first-order valence-electron chi connectivity index (χ1n) is 8.91. The molecule has 0 aliphatic rings. The second-order valence-electron chi connectivity index (χ2n) is 6.12. The first kappa shape index (κ1) is 20.0. The highest BCUT2D eigenvalue weighted by Crippen LogP contribution is 2.11. The van der Waals surface area contributed by atoms with Crippen molar-refractivity contribution in [1.82, 2.24) is 5.43 Å². The van der Waals surface area contributed by atoms with E-state index >= 15 is 0 Å². The Balaban J connectivity index is 1.57. The number of carbonyl (C=O) groups is 1. The zero-order chi connectivity index (χ0) is 21.2.